The number of halogens is 3. The first kappa shape index (κ1) is 22.8. The Kier molecular flexibility index (Phi) is 5.86. The summed E-state index contributed by atoms with van der Waals surface area (Å²) in [7, 11) is 0. The van der Waals surface area contributed by atoms with E-state index >= 15 is 0 Å². The molecule has 1 aliphatic carbocycles. The van der Waals surface area contributed by atoms with Crippen LogP contribution in [0.15, 0.2) is 47.7 Å². The predicted molar refractivity (Wildman–Crippen MR) is 125 cm³/mol. The molecule has 2 aromatic rings. The average molecular weight is 493 g/mol. The van der Waals surface area contributed by atoms with E-state index in [-0.39, 0.29) is 39.8 Å². The number of rotatable bonds is 3. The Balaban J connectivity index is 1.95. The lowest BCUT2D eigenvalue weighted by molar-refractivity contribution is -0.121. The third kappa shape index (κ3) is 4.05. The number of carbonyl (C=O) groups is 3. The quantitative estimate of drug-likeness (QED) is 0.530. The summed E-state index contributed by atoms with van der Waals surface area (Å²) in [4.78, 5) is 39.8. The fraction of sp³-hybridized carbons (Fsp3) is 0.292. The molecule has 1 aliphatic heterocycles. The molecule has 0 bridgehead atoms. The molecule has 1 N–H and O–H groups in total. The number of anilines is 1. The molecule has 166 valence electrons. The van der Waals surface area contributed by atoms with Gasteiger partial charge in [0.05, 0.1) is 16.3 Å². The van der Waals surface area contributed by atoms with Crippen molar-refractivity contribution in [1.82, 2.24) is 0 Å². The predicted octanol–water partition coefficient (Wildman–Crippen LogP) is 6.51. The van der Waals surface area contributed by atoms with E-state index < -0.39 is 11.9 Å². The molecule has 5 nitrogen and oxygen atoms in total. The third-order valence-electron chi connectivity index (χ3n) is 5.91. The number of carboxylic acid groups (broad SMARTS) is 1. The van der Waals surface area contributed by atoms with Crippen LogP contribution < -0.4 is 4.90 Å². The van der Waals surface area contributed by atoms with Crippen molar-refractivity contribution in [2.45, 2.75) is 39.0 Å². The molecule has 2 aromatic carbocycles. The molecule has 0 saturated heterocycles. The van der Waals surface area contributed by atoms with E-state index in [1.165, 1.54) is 23.1 Å². The van der Waals surface area contributed by atoms with Crippen LogP contribution in [-0.2, 0) is 9.59 Å². The molecular weight excluding hydrogens is 473 g/mol. The molecule has 0 aromatic heterocycles. The van der Waals surface area contributed by atoms with Crippen molar-refractivity contribution in [3.8, 4) is 0 Å². The standard InChI is InChI=1S/C24H20Cl3NO4/c1-24(2)10-19-22(20(29)11-24)15(14-5-4-13(25)8-17(14)27)9-21(30)28(19)18-7-12(23(31)32)3-6-16(18)26/h3-8,15H,9-11H2,1-2H3,(H,31,32). The van der Waals surface area contributed by atoms with E-state index in [0.29, 0.717) is 39.7 Å². The SMILES string of the molecule is CC1(C)CC(=O)C2=C(C1)N(c1cc(C(=O)O)ccc1Cl)C(=O)CC2c1ccc(Cl)cc1Cl. The summed E-state index contributed by atoms with van der Waals surface area (Å²) in [5.41, 5.74) is 1.61. The van der Waals surface area contributed by atoms with Crippen LogP contribution in [0.2, 0.25) is 15.1 Å². The second-order valence-corrected chi connectivity index (χ2v) is 10.2. The number of carboxylic acids is 1. The lowest BCUT2D eigenvalue weighted by Gasteiger charge is -2.43. The van der Waals surface area contributed by atoms with Crippen molar-refractivity contribution in [3.63, 3.8) is 0 Å². The number of nitrogens with zero attached hydrogens (tertiary/aromatic N) is 1. The summed E-state index contributed by atoms with van der Waals surface area (Å²) in [6, 6.07) is 9.23. The minimum absolute atomic E-state index is 0.0000176. The summed E-state index contributed by atoms with van der Waals surface area (Å²) in [5, 5.41) is 10.5. The number of allylic oxidation sites excluding steroid dienone is 2. The number of benzene rings is 2. The Labute approximate surface area is 200 Å². The number of hydrogen-bond donors (Lipinski definition) is 1. The summed E-state index contributed by atoms with van der Waals surface area (Å²) in [6.45, 7) is 3.93. The first-order valence-electron chi connectivity index (χ1n) is 10.1. The van der Waals surface area contributed by atoms with E-state index in [1.807, 2.05) is 13.8 Å². The number of carbonyl (C=O) groups excluding carboxylic acids is 2. The highest BCUT2D eigenvalue weighted by Gasteiger charge is 2.45. The van der Waals surface area contributed by atoms with E-state index in [9.17, 15) is 19.5 Å². The van der Waals surface area contributed by atoms with E-state index in [1.54, 1.807) is 18.2 Å². The van der Waals surface area contributed by atoms with Gasteiger partial charge in [-0.2, -0.15) is 0 Å². The van der Waals surface area contributed by atoms with E-state index in [0.717, 1.165) is 0 Å². The Morgan fingerprint density at radius 1 is 1.03 bits per heavy atom. The lowest BCUT2D eigenvalue weighted by Crippen LogP contribution is -2.44. The summed E-state index contributed by atoms with van der Waals surface area (Å²) in [6.07, 6.45) is 0.785. The second-order valence-electron chi connectivity index (χ2n) is 8.92. The Morgan fingerprint density at radius 3 is 2.41 bits per heavy atom. The molecule has 1 heterocycles. The van der Waals surface area contributed by atoms with Crippen LogP contribution in [0.25, 0.3) is 0 Å². The largest absolute Gasteiger partial charge is 0.478 e. The molecule has 8 heteroatoms. The van der Waals surface area contributed by atoms with Crippen molar-refractivity contribution in [2.24, 2.45) is 5.41 Å². The van der Waals surface area contributed by atoms with Gasteiger partial charge in [-0.3, -0.25) is 14.5 Å². The Morgan fingerprint density at radius 2 is 1.75 bits per heavy atom. The highest BCUT2D eigenvalue weighted by atomic mass is 35.5. The summed E-state index contributed by atoms with van der Waals surface area (Å²) < 4.78 is 0. The van der Waals surface area contributed by atoms with Crippen LogP contribution in [-0.4, -0.2) is 22.8 Å². The van der Waals surface area contributed by atoms with Gasteiger partial charge in [0, 0.05) is 40.1 Å². The Hall–Kier alpha value is -2.34. The lowest BCUT2D eigenvalue weighted by atomic mass is 9.69. The molecule has 2 aliphatic rings. The number of hydrogen-bond acceptors (Lipinski definition) is 3. The van der Waals surface area contributed by atoms with Gasteiger partial charge in [-0.05, 0) is 47.7 Å². The van der Waals surface area contributed by atoms with Gasteiger partial charge in [-0.15, -0.1) is 0 Å². The van der Waals surface area contributed by atoms with Crippen molar-refractivity contribution in [3.05, 3.63) is 73.9 Å². The van der Waals surface area contributed by atoms with Crippen molar-refractivity contribution >= 4 is 58.1 Å². The summed E-state index contributed by atoms with van der Waals surface area (Å²) >= 11 is 18.9. The van der Waals surface area contributed by atoms with E-state index in [4.69, 9.17) is 34.8 Å². The van der Waals surface area contributed by atoms with Gasteiger partial charge < -0.3 is 5.11 Å². The fourth-order valence-electron chi connectivity index (χ4n) is 4.56. The van der Waals surface area contributed by atoms with Crippen LogP contribution >= 0.6 is 34.8 Å². The molecular formula is C24H20Cl3NO4. The van der Waals surface area contributed by atoms with Crippen LogP contribution in [0, 0.1) is 5.41 Å². The number of amides is 1. The topological polar surface area (TPSA) is 74.7 Å². The third-order valence-corrected chi connectivity index (χ3v) is 6.80. The number of Topliss-reactive ketones (excluding diaryl/α,β-unsaturated/α-hetero) is 1. The molecule has 4 rings (SSSR count). The monoisotopic (exact) mass is 491 g/mol. The normalized spacial score (nSPS) is 20.4. The van der Waals surface area contributed by atoms with Crippen LogP contribution in [0.4, 0.5) is 5.69 Å². The van der Waals surface area contributed by atoms with Crippen LogP contribution in [0.1, 0.15) is 54.9 Å². The zero-order valence-corrected chi connectivity index (χ0v) is 19.7. The van der Waals surface area contributed by atoms with Gasteiger partial charge in [0.2, 0.25) is 5.91 Å². The van der Waals surface area contributed by atoms with Crippen LogP contribution in [0.5, 0.6) is 0 Å². The number of aromatic carboxylic acids is 1. The van der Waals surface area contributed by atoms with Gasteiger partial charge in [0.25, 0.3) is 0 Å². The van der Waals surface area contributed by atoms with Gasteiger partial charge in [0.1, 0.15) is 0 Å². The smallest absolute Gasteiger partial charge is 0.335 e. The zero-order chi connectivity index (χ0) is 23.4. The highest BCUT2D eigenvalue weighted by Crippen LogP contribution is 2.50. The van der Waals surface area contributed by atoms with Gasteiger partial charge in [-0.25, -0.2) is 4.79 Å². The highest BCUT2D eigenvalue weighted by molar-refractivity contribution is 6.35. The molecule has 1 unspecified atom stereocenters. The maximum absolute atomic E-state index is 13.5. The van der Waals surface area contributed by atoms with E-state index in [2.05, 4.69) is 0 Å². The maximum atomic E-state index is 13.5. The van der Waals surface area contributed by atoms with Gasteiger partial charge in [0.15, 0.2) is 5.78 Å². The van der Waals surface area contributed by atoms with Gasteiger partial charge >= 0.3 is 5.97 Å². The fourth-order valence-corrected chi connectivity index (χ4v) is 5.30. The molecule has 0 spiro atoms. The second kappa shape index (κ2) is 8.22. The minimum atomic E-state index is -1.13. The first-order chi connectivity index (χ1) is 15.0. The molecule has 32 heavy (non-hydrogen) atoms. The maximum Gasteiger partial charge on any atom is 0.335 e. The van der Waals surface area contributed by atoms with Crippen molar-refractivity contribution < 1.29 is 19.5 Å². The van der Waals surface area contributed by atoms with Crippen molar-refractivity contribution in [2.75, 3.05) is 4.90 Å². The van der Waals surface area contributed by atoms with Gasteiger partial charge in [-0.1, -0.05) is 54.7 Å². The molecule has 1 atom stereocenters. The summed E-state index contributed by atoms with van der Waals surface area (Å²) in [5.74, 6) is -1.99. The van der Waals surface area contributed by atoms with Crippen molar-refractivity contribution in [1.29, 1.82) is 0 Å². The van der Waals surface area contributed by atoms with Crippen LogP contribution in [0.3, 0.4) is 0 Å². The number of ketones is 1. The molecule has 0 radical (unpaired) electrons. The molecule has 0 saturated carbocycles. The minimum Gasteiger partial charge on any atom is -0.478 e. The Bertz CT molecular complexity index is 1200. The zero-order valence-electron chi connectivity index (χ0n) is 17.4. The first-order valence-corrected chi connectivity index (χ1v) is 11.2. The molecule has 0 fully saturated rings. The average Bonchev–Trinajstić information content (AvgIpc) is 2.67. The molecule has 1 amide bonds.